The molecule has 0 aliphatic carbocycles. The third kappa shape index (κ3) is 4.44. The second kappa shape index (κ2) is 6.71. The van der Waals surface area contributed by atoms with Gasteiger partial charge in [-0.25, -0.2) is 13.8 Å². The number of anilines is 1. The van der Waals surface area contributed by atoms with Crippen LogP contribution in [0.2, 0.25) is 5.02 Å². The Balaban J connectivity index is 2.74. The smallest absolute Gasteiger partial charge is 0.255 e. The summed E-state index contributed by atoms with van der Waals surface area (Å²) < 4.78 is 24.5. The van der Waals surface area contributed by atoms with Gasteiger partial charge in [0.25, 0.3) is 6.43 Å². The molecule has 0 saturated carbocycles. The number of nitrogens with zero attached hydrogens (tertiary/aromatic N) is 2. The molecule has 0 spiro atoms. The third-order valence-corrected chi connectivity index (χ3v) is 2.51. The summed E-state index contributed by atoms with van der Waals surface area (Å²) in [6.07, 6.45) is -0.759. The predicted octanol–water partition coefficient (Wildman–Crippen LogP) is 2.55. The largest absolute Gasteiger partial charge is 0.353 e. The van der Waals surface area contributed by atoms with Crippen LogP contribution in [0.1, 0.15) is 12.5 Å². The molecule has 0 unspecified atom stereocenters. The van der Waals surface area contributed by atoms with Crippen LogP contribution in [0.5, 0.6) is 0 Å². The molecule has 17 heavy (non-hydrogen) atoms. The number of hydrogen-bond acceptors (Lipinski definition) is 3. The van der Waals surface area contributed by atoms with Gasteiger partial charge in [-0.15, -0.1) is 0 Å². The summed E-state index contributed by atoms with van der Waals surface area (Å²) in [7, 11) is 1.55. The lowest BCUT2D eigenvalue weighted by Gasteiger charge is -2.19. The first kappa shape index (κ1) is 14.1. The summed E-state index contributed by atoms with van der Waals surface area (Å²) in [5.74, 6) is 0.382. The van der Waals surface area contributed by atoms with Crippen LogP contribution in [0.3, 0.4) is 0 Å². The van der Waals surface area contributed by atoms with Crippen molar-refractivity contribution in [2.24, 2.45) is 0 Å². The molecule has 0 radical (unpaired) electrons. The van der Waals surface area contributed by atoms with E-state index in [1.165, 1.54) is 4.90 Å². The van der Waals surface area contributed by atoms with Gasteiger partial charge in [-0.1, -0.05) is 18.5 Å². The molecule has 0 atom stereocenters. The van der Waals surface area contributed by atoms with E-state index in [0.717, 1.165) is 12.1 Å². The van der Waals surface area contributed by atoms with Gasteiger partial charge >= 0.3 is 0 Å². The summed E-state index contributed by atoms with van der Waals surface area (Å²) in [6, 6.07) is 1.74. The Labute approximate surface area is 105 Å². The number of hydrogen-bond donors (Lipinski definition) is 1. The second-order valence-electron chi connectivity index (χ2n) is 3.70. The quantitative estimate of drug-likeness (QED) is 0.855. The molecular weight excluding hydrogens is 248 g/mol. The van der Waals surface area contributed by atoms with E-state index in [-0.39, 0.29) is 6.54 Å². The van der Waals surface area contributed by atoms with Crippen LogP contribution >= 0.6 is 11.6 Å². The topological polar surface area (TPSA) is 28.2 Å². The molecule has 0 aliphatic heterocycles. The Morgan fingerprint density at radius 2 is 2.24 bits per heavy atom. The Bertz CT molecular complexity index is 361. The van der Waals surface area contributed by atoms with Gasteiger partial charge in [0.2, 0.25) is 0 Å². The maximum atomic E-state index is 12.2. The number of alkyl halides is 2. The van der Waals surface area contributed by atoms with Crippen LogP contribution in [0.4, 0.5) is 14.6 Å². The minimum absolute atomic E-state index is 0.376. The van der Waals surface area contributed by atoms with Gasteiger partial charge in [0.1, 0.15) is 5.82 Å². The summed E-state index contributed by atoms with van der Waals surface area (Å²) in [6.45, 7) is 3.14. The highest BCUT2D eigenvalue weighted by atomic mass is 35.5. The molecular formula is C11H16ClF2N3. The third-order valence-electron chi connectivity index (χ3n) is 2.23. The maximum Gasteiger partial charge on any atom is 0.255 e. The number of rotatable bonds is 6. The summed E-state index contributed by atoms with van der Waals surface area (Å²) >= 11 is 6.01. The number of aromatic nitrogens is 1. The zero-order valence-electron chi connectivity index (χ0n) is 9.88. The molecule has 1 rings (SSSR count). The summed E-state index contributed by atoms with van der Waals surface area (Å²) in [5.41, 5.74) is 0.936. The van der Waals surface area contributed by atoms with Gasteiger partial charge in [0.15, 0.2) is 0 Å². The van der Waals surface area contributed by atoms with Gasteiger partial charge < -0.3 is 10.2 Å². The highest BCUT2D eigenvalue weighted by Gasteiger charge is 2.13. The van der Waals surface area contributed by atoms with Crippen molar-refractivity contribution in [2.45, 2.75) is 19.9 Å². The van der Waals surface area contributed by atoms with Crippen molar-refractivity contribution in [3.63, 3.8) is 0 Å². The highest BCUT2D eigenvalue weighted by Crippen LogP contribution is 2.23. The molecule has 1 heterocycles. The SMILES string of the molecule is CCNCc1cnc(N(C)CC(F)F)c(Cl)c1. The number of pyridine rings is 1. The molecule has 0 fully saturated rings. The lowest BCUT2D eigenvalue weighted by molar-refractivity contribution is 0.156. The Morgan fingerprint density at radius 1 is 1.53 bits per heavy atom. The van der Waals surface area contributed by atoms with Gasteiger partial charge in [-0.05, 0) is 18.2 Å². The molecule has 1 N–H and O–H groups in total. The fraction of sp³-hybridized carbons (Fsp3) is 0.545. The average molecular weight is 264 g/mol. The molecule has 0 amide bonds. The molecule has 96 valence electrons. The molecule has 6 heteroatoms. The zero-order valence-corrected chi connectivity index (χ0v) is 10.6. The molecule has 0 saturated heterocycles. The van der Waals surface area contributed by atoms with Crippen molar-refractivity contribution in [2.75, 3.05) is 25.0 Å². The van der Waals surface area contributed by atoms with E-state index in [4.69, 9.17) is 11.6 Å². The highest BCUT2D eigenvalue weighted by molar-refractivity contribution is 6.33. The van der Waals surface area contributed by atoms with Crippen molar-refractivity contribution in [3.8, 4) is 0 Å². The van der Waals surface area contributed by atoms with E-state index in [2.05, 4.69) is 10.3 Å². The fourth-order valence-electron chi connectivity index (χ4n) is 1.41. The Hall–Kier alpha value is -0.940. The molecule has 0 bridgehead atoms. The normalized spacial score (nSPS) is 10.9. The van der Waals surface area contributed by atoms with E-state index in [1.54, 1.807) is 19.3 Å². The van der Waals surface area contributed by atoms with E-state index < -0.39 is 6.43 Å². The van der Waals surface area contributed by atoms with Crippen LogP contribution in [-0.4, -0.2) is 31.5 Å². The van der Waals surface area contributed by atoms with E-state index in [1.807, 2.05) is 6.92 Å². The molecule has 0 aromatic carbocycles. The first-order chi connectivity index (χ1) is 8.04. The molecule has 1 aromatic heterocycles. The second-order valence-corrected chi connectivity index (χ2v) is 4.11. The summed E-state index contributed by atoms with van der Waals surface area (Å²) in [5, 5.41) is 3.53. The van der Waals surface area contributed by atoms with E-state index in [0.29, 0.717) is 17.4 Å². The van der Waals surface area contributed by atoms with Crippen molar-refractivity contribution in [1.82, 2.24) is 10.3 Å². The van der Waals surface area contributed by atoms with Crippen LogP contribution in [0, 0.1) is 0 Å². The lowest BCUT2D eigenvalue weighted by atomic mass is 10.2. The monoisotopic (exact) mass is 263 g/mol. The van der Waals surface area contributed by atoms with Gasteiger partial charge in [0, 0.05) is 19.8 Å². The van der Waals surface area contributed by atoms with Crippen molar-refractivity contribution in [1.29, 1.82) is 0 Å². The van der Waals surface area contributed by atoms with Crippen molar-refractivity contribution >= 4 is 17.4 Å². The first-order valence-corrected chi connectivity index (χ1v) is 5.76. The Morgan fingerprint density at radius 3 is 2.76 bits per heavy atom. The Kier molecular flexibility index (Phi) is 5.58. The van der Waals surface area contributed by atoms with Crippen LogP contribution in [0.25, 0.3) is 0 Å². The average Bonchev–Trinajstić information content (AvgIpc) is 2.25. The van der Waals surface area contributed by atoms with Gasteiger partial charge in [-0.3, -0.25) is 0 Å². The minimum atomic E-state index is -2.40. The molecule has 1 aromatic rings. The van der Waals surface area contributed by atoms with Crippen molar-refractivity contribution in [3.05, 3.63) is 22.8 Å². The van der Waals surface area contributed by atoms with Gasteiger partial charge in [0.05, 0.1) is 11.6 Å². The van der Waals surface area contributed by atoms with Gasteiger partial charge in [-0.2, -0.15) is 0 Å². The first-order valence-electron chi connectivity index (χ1n) is 5.39. The van der Waals surface area contributed by atoms with Crippen LogP contribution in [0.15, 0.2) is 12.3 Å². The zero-order chi connectivity index (χ0) is 12.8. The van der Waals surface area contributed by atoms with Crippen molar-refractivity contribution < 1.29 is 8.78 Å². The van der Waals surface area contributed by atoms with Crippen LogP contribution in [-0.2, 0) is 6.54 Å². The molecule has 3 nitrogen and oxygen atoms in total. The van der Waals surface area contributed by atoms with Crippen LogP contribution < -0.4 is 10.2 Å². The maximum absolute atomic E-state index is 12.2. The fourth-order valence-corrected chi connectivity index (χ4v) is 1.74. The lowest BCUT2D eigenvalue weighted by Crippen LogP contribution is -2.25. The van der Waals surface area contributed by atoms with E-state index in [9.17, 15) is 8.78 Å². The standard InChI is InChI=1S/C11H16ClF2N3/c1-3-15-5-8-4-9(12)11(16-6-8)17(2)7-10(13)14/h4,6,10,15H,3,5,7H2,1-2H3. The number of halogens is 3. The number of nitrogens with one attached hydrogen (secondary N) is 1. The predicted molar refractivity (Wildman–Crippen MR) is 65.9 cm³/mol. The minimum Gasteiger partial charge on any atom is -0.353 e. The van der Waals surface area contributed by atoms with E-state index >= 15 is 0 Å². The summed E-state index contributed by atoms with van der Waals surface area (Å²) in [4.78, 5) is 5.46. The molecule has 0 aliphatic rings.